The van der Waals surface area contributed by atoms with Crippen molar-refractivity contribution >= 4 is 0 Å². The van der Waals surface area contributed by atoms with Gasteiger partial charge in [-0.1, -0.05) is 33.1 Å². The molecule has 1 nitrogen and oxygen atoms in total. The topological polar surface area (TPSA) is 20.2 Å². The molecular formula is C14H26O. The number of hydrogen-bond acceptors (Lipinski definition) is 1. The minimum atomic E-state index is -0.00102. The highest BCUT2D eigenvalue weighted by Crippen LogP contribution is 2.50. The molecule has 0 aliphatic heterocycles. The Labute approximate surface area is 94.3 Å². The Morgan fingerprint density at radius 1 is 1.13 bits per heavy atom. The van der Waals surface area contributed by atoms with E-state index >= 15 is 0 Å². The van der Waals surface area contributed by atoms with Gasteiger partial charge in [0, 0.05) is 0 Å². The Balaban J connectivity index is 1.90. The lowest BCUT2D eigenvalue weighted by atomic mass is 9.66. The first kappa shape index (κ1) is 11.4. The molecule has 0 amide bonds. The van der Waals surface area contributed by atoms with Crippen molar-refractivity contribution in [3.8, 4) is 0 Å². The summed E-state index contributed by atoms with van der Waals surface area (Å²) in [6.07, 6.45) is 10.4. The Kier molecular flexibility index (Phi) is 3.39. The average molecular weight is 210 g/mol. The smallest absolute Gasteiger partial charge is 0.0545 e. The van der Waals surface area contributed by atoms with Gasteiger partial charge in [0.25, 0.3) is 0 Å². The molecule has 2 atom stereocenters. The zero-order valence-electron chi connectivity index (χ0n) is 10.3. The lowest BCUT2D eigenvalue weighted by molar-refractivity contribution is 0.0951. The Hall–Kier alpha value is -0.0400. The van der Waals surface area contributed by atoms with E-state index < -0.39 is 0 Å². The van der Waals surface area contributed by atoms with E-state index in [0.29, 0.717) is 5.41 Å². The molecule has 2 saturated carbocycles. The van der Waals surface area contributed by atoms with Gasteiger partial charge in [-0.15, -0.1) is 0 Å². The van der Waals surface area contributed by atoms with Crippen molar-refractivity contribution in [2.75, 3.05) is 0 Å². The third kappa shape index (κ3) is 2.38. The van der Waals surface area contributed by atoms with E-state index in [1.54, 1.807) is 0 Å². The molecule has 0 heterocycles. The Morgan fingerprint density at radius 2 is 1.80 bits per heavy atom. The molecule has 1 heteroatoms. The van der Waals surface area contributed by atoms with Crippen molar-refractivity contribution < 1.29 is 5.11 Å². The second kappa shape index (κ2) is 4.45. The molecule has 2 unspecified atom stereocenters. The normalized spacial score (nSPS) is 47.0. The lowest BCUT2D eigenvalue weighted by Gasteiger charge is -2.39. The van der Waals surface area contributed by atoms with Crippen molar-refractivity contribution in [1.29, 1.82) is 0 Å². The fourth-order valence-corrected chi connectivity index (χ4v) is 3.88. The van der Waals surface area contributed by atoms with Crippen molar-refractivity contribution in [3.05, 3.63) is 0 Å². The molecule has 15 heavy (non-hydrogen) atoms. The molecule has 0 spiro atoms. The van der Waals surface area contributed by atoms with E-state index in [9.17, 15) is 5.11 Å². The van der Waals surface area contributed by atoms with Gasteiger partial charge < -0.3 is 5.11 Å². The lowest BCUT2D eigenvalue weighted by Crippen LogP contribution is -2.29. The van der Waals surface area contributed by atoms with E-state index in [2.05, 4.69) is 13.8 Å². The van der Waals surface area contributed by atoms with Gasteiger partial charge in [-0.3, -0.25) is 0 Å². The summed E-state index contributed by atoms with van der Waals surface area (Å²) in [6, 6.07) is 0. The molecule has 0 saturated heterocycles. The summed E-state index contributed by atoms with van der Waals surface area (Å²) in [5.74, 6) is 1.90. The quantitative estimate of drug-likeness (QED) is 0.736. The van der Waals surface area contributed by atoms with Gasteiger partial charge in [-0.25, -0.2) is 0 Å². The Bertz CT molecular complexity index is 205. The third-order valence-corrected chi connectivity index (χ3v) is 5.16. The van der Waals surface area contributed by atoms with Crippen LogP contribution in [0.4, 0.5) is 0 Å². The molecule has 0 radical (unpaired) electrons. The van der Waals surface area contributed by atoms with Crippen LogP contribution in [0.5, 0.6) is 0 Å². The summed E-state index contributed by atoms with van der Waals surface area (Å²) in [7, 11) is 0. The van der Waals surface area contributed by atoms with E-state index in [1.807, 2.05) is 0 Å². The maximum Gasteiger partial charge on any atom is 0.0545 e. The van der Waals surface area contributed by atoms with Gasteiger partial charge in [0.05, 0.1) is 6.10 Å². The van der Waals surface area contributed by atoms with Crippen LogP contribution in [0, 0.1) is 17.3 Å². The van der Waals surface area contributed by atoms with Crippen LogP contribution in [0.2, 0.25) is 0 Å². The summed E-state index contributed by atoms with van der Waals surface area (Å²) in [4.78, 5) is 0. The molecule has 0 aromatic carbocycles. The first-order chi connectivity index (χ1) is 7.14. The molecule has 2 fully saturated rings. The van der Waals surface area contributed by atoms with Crippen LogP contribution in [0.25, 0.3) is 0 Å². The first-order valence-electron chi connectivity index (χ1n) is 6.82. The van der Waals surface area contributed by atoms with Crippen LogP contribution in [-0.4, -0.2) is 11.2 Å². The third-order valence-electron chi connectivity index (χ3n) is 5.16. The zero-order valence-corrected chi connectivity index (χ0v) is 10.3. The van der Waals surface area contributed by atoms with Crippen LogP contribution in [-0.2, 0) is 0 Å². The highest BCUT2D eigenvalue weighted by molar-refractivity contribution is 4.92. The molecule has 88 valence electrons. The molecule has 2 rings (SSSR count). The maximum absolute atomic E-state index is 9.69. The minimum Gasteiger partial charge on any atom is -0.393 e. The van der Waals surface area contributed by atoms with Crippen LogP contribution < -0.4 is 0 Å². The van der Waals surface area contributed by atoms with Crippen molar-refractivity contribution in [2.45, 2.75) is 71.3 Å². The van der Waals surface area contributed by atoms with Crippen molar-refractivity contribution in [2.24, 2.45) is 17.3 Å². The van der Waals surface area contributed by atoms with E-state index in [0.717, 1.165) is 24.7 Å². The largest absolute Gasteiger partial charge is 0.393 e. The molecule has 0 aromatic heterocycles. The summed E-state index contributed by atoms with van der Waals surface area (Å²) < 4.78 is 0. The van der Waals surface area contributed by atoms with Crippen molar-refractivity contribution in [1.82, 2.24) is 0 Å². The predicted octanol–water partition coefficient (Wildman–Crippen LogP) is 3.75. The van der Waals surface area contributed by atoms with Gasteiger partial charge in [0.15, 0.2) is 0 Å². The number of aliphatic hydroxyl groups is 1. The number of hydrogen-bond donors (Lipinski definition) is 1. The summed E-state index contributed by atoms with van der Waals surface area (Å²) in [5.41, 5.74) is 0.470. The van der Waals surface area contributed by atoms with Crippen LogP contribution >= 0.6 is 0 Å². The van der Waals surface area contributed by atoms with Gasteiger partial charge in [0.2, 0.25) is 0 Å². The molecular weight excluding hydrogens is 184 g/mol. The van der Waals surface area contributed by atoms with Gasteiger partial charge in [0.1, 0.15) is 0 Å². The number of aliphatic hydroxyl groups excluding tert-OH is 1. The minimum absolute atomic E-state index is 0.00102. The van der Waals surface area contributed by atoms with Gasteiger partial charge >= 0.3 is 0 Å². The fraction of sp³-hybridized carbons (Fsp3) is 1.00. The van der Waals surface area contributed by atoms with E-state index in [-0.39, 0.29) is 6.10 Å². The molecule has 2 aliphatic rings. The summed E-state index contributed by atoms with van der Waals surface area (Å²) in [6.45, 7) is 4.74. The molecule has 2 aliphatic carbocycles. The molecule has 0 bridgehead atoms. The number of rotatable bonds is 2. The molecule has 1 N–H and O–H groups in total. The fourth-order valence-electron chi connectivity index (χ4n) is 3.88. The highest BCUT2D eigenvalue weighted by Gasteiger charge is 2.41. The first-order valence-corrected chi connectivity index (χ1v) is 6.82. The highest BCUT2D eigenvalue weighted by atomic mass is 16.3. The van der Waals surface area contributed by atoms with Gasteiger partial charge in [-0.05, 0) is 49.4 Å². The van der Waals surface area contributed by atoms with Crippen LogP contribution in [0.3, 0.4) is 0 Å². The zero-order chi connectivity index (χ0) is 10.9. The predicted molar refractivity (Wildman–Crippen MR) is 63.7 cm³/mol. The Morgan fingerprint density at radius 3 is 2.27 bits per heavy atom. The monoisotopic (exact) mass is 210 g/mol. The van der Waals surface area contributed by atoms with Crippen LogP contribution in [0.15, 0.2) is 0 Å². The summed E-state index contributed by atoms with van der Waals surface area (Å²) >= 11 is 0. The van der Waals surface area contributed by atoms with Crippen molar-refractivity contribution in [3.63, 3.8) is 0 Å². The second-order valence-corrected chi connectivity index (χ2v) is 6.18. The van der Waals surface area contributed by atoms with E-state index in [1.165, 1.54) is 38.5 Å². The SMILES string of the molecule is CCC1CCC(C2(C)CCC(O)C2)CC1. The summed E-state index contributed by atoms with van der Waals surface area (Å²) in [5, 5.41) is 9.69. The standard InChI is InChI=1S/C14H26O/c1-3-11-4-6-12(7-5-11)14(2)9-8-13(15)10-14/h11-13,15H,3-10H2,1-2H3. The van der Waals surface area contributed by atoms with E-state index in [4.69, 9.17) is 0 Å². The average Bonchev–Trinajstić information content (AvgIpc) is 2.60. The second-order valence-electron chi connectivity index (χ2n) is 6.18. The maximum atomic E-state index is 9.69. The van der Waals surface area contributed by atoms with Gasteiger partial charge in [-0.2, -0.15) is 0 Å². The molecule has 0 aromatic rings. The van der Waals surface area contributed by atoms with Crippen LogP contribution in [0.1, 0.15) is 65.2 Å².